The average molecular weight is 326 g/mol. The standard InChI is InChI=1S/C15H13Cl2NOS/c1-20-14-4-2-10(3-5-14)9-18-15(19)11-6-12(16)8-13(17)7-11/h2-8H,9H2,1H3,(H,18,19). The number of hydrogen-bond donors (Lipinski definition) is 1. The zero-order chi connectivity index (χ0) is 14.5. The Kier molecular flexibility index (Phi) is 5.35. The van der Waals surface area contributed by atoms with Gasteiger partial charge < -0.3 is 5.32 Å². The van der Waals surface area contributed by atoms with Crippen molar-refractivity contribution in [2.24, 2.45) is 0 Å². The van der Waals surface area contributed by atoms with Crippen molar-refractivity contribution in [3.05, 3.63) is 63.6 Å². The molecule has 104 valence electrons. The van der Waals surface area contributed by atoms with Crippen molar-refractivity contribution >= 4 is 40.9 Å². The van der Waals surface area contributed by atoms with Gasteiger partial charge in [0.25, 0.3) is 5.91 Å². The Hall–Kier alpha value is -1.16. The van der Waals surface area contributed by atoms with Gasteiger partial charge in [0.15, 0.2) is 0 Å². The topological polar surface area (TPSA) is 29.1 Å². The summed E-state index contributed by atoms with van der Waals surface area (Å²) in [6.45, 7) is 0.470. The van der Waals surface area contributed by atoms with Crippen molar-refractivity contribution in [2.75, 3.05) is 6.26 Å². The molecule has 2 aromatic rings. The number of thioether (sulfide) groups is 1. The maximum atomic E-state index is 12.0. The SMILES string of the molecule is CSc1ccc(CNC(=O)c2cc(Cl)cc(Cl)c2)cc1. The Morgan fingerprint density at radius 2 is 1.70 bits per heavy atom. The molecule has 0 aliphatic carbocycles. The maximum Gasteiger partial charge on any atom is 0.251 e. The van der Waals surface area contributed by atoms with Crippen LogP contribution in [0.15, 0.2) is 47.4 Å². The molecule has 0 atom stereocenters. The van der Waals surface area contributed by atoms with Gasteiger partial charge in [0, 0.05) is 27.0 Å². The third-order valence-electron chi connectivity index (χ3n) is 2.74. The highest BCUT2D eigenvalue weighted by molar-refractivity contribution is 7.98. The van der Waals surface area contributed by atoms with Crippen LogP contribution in [-0.4, -0.2) is 12.2 Å². The highest BCUT2D eigenvalue weighted by Crippen LogP contribution is 2.19. The average Bonchev–Trinajstić information content (AvgIpc) is 2.44. The lowest BCUT2D eigenvalue weighted by atomic mass is 10.2. The summed E-state index contributed by atoms with van der Waals surface area (Å²) in [4.78, 5) is 13.2. The van der Waals surface area contributed by atoms with Gasteiger partial charge in [0.2, 0.25) is 0 Å². The number of benzene rings is 2. The third-order valence-corrected chi connectivity index (χ3v) is 3.92. The minimum atomic E-state index is -0.191. The molecule has 0 saturated heterocycles. The maximum absolute atomic E-state index is 12.0. The summed E-state index contributed by atoms with van der Waals surface area (Å²) < 4.78 is 0. The van der Waals surface area contributed by atoms with E-state index >= 15 is 0 Å². The summed E-state index contributed by atoms with van der Waals surface area (Å²) in [5, 5.41) is 3.75. The molecule has 1 N–H and O–H groups in total. The van der Waals surface area contributed by atoms with E-state index in [1.54, 1.807) is 30.0 Å². The number of carbonyl (C=O) groups is 1. The van der Waals surface area contributed by atoms with Gasteiger partial charge in [-0.25, -0.2) is 0 Å². The molecule has 0 bridgehead atoms. The summed E-state index contributed by atoms with van der Waals surface area (Å²) in [6, 6.07) is 12.8. The molecule has 2 nitrogen and oxygen atoms in total. The molecule has 2 rings (SSSR count). The van der Waals surface area contributed by atoms with Crippen LogP contribution in [0.3, 0.4) is 0 Å². The van der Waals surface area contributed by atoms with Crippen LogP contribution in [0.25, 0.3) is 0 Å². The molecule has 2 aromatic carbocycles. The second kappa shape index (κ2) is 7.02. The van der Waals surface area contributed by atoms with Crippen LogP contribution < -0.4 is 5.32 Å². The molecule has 0 spiro atoms. The highest BCUT2D eigenvalue weighted by atomic mass is 35.5. The van der Waals surface area contributed by atoms with Crippen LogP contribution in [0, 0.1) is 0 Å². The first-order valence-electron chi connectivity index (χ1n) is 5.95. The van der Waals surface area contributed by atoms with Gasteiger partial charge >= 0.3 is 0 Å². The van der Waals surface area contributed by atoms with Crippen molar-refractivity contribution in [3.8, 4) is 0 Å². The first-order chi connectivity index (χ1) is 9.58. The Labute approximate surface area is 132 Å². The number of halogens is 2. The third kappa shape index (κ3) is 4.17. The second-order valence-corrected chi connectivity index (χ2v) is 5.94. The molecule has 0 saturated carbocycles. The fraction of sp³-hybridized carbons (Fsp3) is 0.133. The van der Waals surface area contributed by atoms with Gasteiger partial charge in [-0.2, -0.15) is 0 Å². The fourth-order valence-electron chi connectivity index (χ4n) is 1.71. The van der Waals surface area contributed by atoms with Crippen LogP contribution in [-0.2, 0) is 6.54 Å². The van der Waals surface area contributed by atoms with E-state index in [0.29, 0.717) is 22.2 Å². The zero-order valence-electron chi connectivity index (χ0n) is 10.8. The molecule has 5 heteroatoms. The molecular formula is C15H13Cl2NOS. The van der Waals surface area contributed by atoms with Gasteiger partial charge in [-0.3, -0.25) is 4.79 Å². The van der Waals surface area contributed by atoms with E-state index in [2.05, 4.69) is 5.32 Å². The van der Waals surface area contributed by atoms with Crippen molar-refractivity contribution in [3.63, 3.8) is 0 Å². The summed E-state index contributed by atoms with van der Waals surface area (Å²) in [5.41, 5.74) is 1.51. The monoisotopic (exact) mass is 325 g/mol. The fourth-order valence-corrected chi connectivity index (χ4v) is 2.65. The minimum absolute atomic E-state index is 0.191. The lowest BCUT2D eigenvalue weighted by molar-refractivity contribution is 0.0951. The molecule has 0 aliphatic rings. The van der Waals surface area contributed by atoms with E-state index in [4.69, 9.17) is 23.2 Å². The predicted octanol–water partition coefficient (Wildman–Crippen LogP) is 4.65. The quantitative estimate of drug-likeness (QED) is 0.829. The Morgan fingerprint density at radius 1 is 1.10 bits per heavy atom. The van der Waals surface area contributed by atoms with Gasteiger partial charge in [-0.15, -0.1) is 11.8 Å². The van der Waals surface area contributed by atoms with Gasteiger partial charge in [-0.1, -0.05) is 35.3 Å². The zero-order valence-corrected chi connectivity index (χ0v) is 13.1. The number of carbonyl (C=O) groups excluding carboxylic acids is 1. The van der Waals surface area contributed by atoms with Crippen LogP contribution >= 0.6 is 35.0 Å². The Balaban J connectivity index is 2.00. The first-order valence-corrected chi connectivity index (χ1v) is 7.94. The molecule has 0 heterocycles. The Morgan fingerprint density at radius 3 is 2.25 bits per heavy atom. The Bertz CT molecular complexity index is 594. The molecular weight excluding hydrogens is 313 g/mol. The highest BCUT2D eigenvalue weighted by Gasteiger charge is 2.07. The molecule has 0 aliphatic heterocycles. The number of nitrogens with one attached hydrogen (secondary N) is 1. The normalized spacial score (nSPS) is 10.3. The van der Waals surface area contributed by atoms with Gasteiger partial charge in [-0.05, 0) is 42.2 Å². The smallest absolute Gasteiger partial charge is 0.251 e. The largest absolute Gasteiger partial charge is 0.348 e. The molecule has 1 amide bonds. The summed E-state index contributed by atoms with van der Waals surface area (Å²) >= 11 is 13.4. The van der Waals surface area contributed by atoms with Crippen LogP contribution in [0.2, 0.25) is 10.0 Å². The number of amides is 1. The molecule has 0 aromatic heterocycles. The lowest BCUT2D eigenvalue weighted by Gasteiger charge is -2.07. The van der Waals surface area contributed by atoms with Gasteiger partial charge in [0.1, 0.15) is 0 Å². The first kappa shape index (κ1) is 15.2. The van der Waals surface area contributed by atoms with E-state index < -0.39 is 0 Å². The van der Waals surface area contributed by atoms with E-state index in [9.17, 15) is 4.79 Å². The van der Waals surface area contributed by atoms with Crippen LogP contribution in [0.4, 0.5) is 0 Å². The minimum Gasteiger partial charge on any atom is -0.348 e. The summed E-state index contributed by atoms with van der Waals surface area (Å²) in [5.74, 6) is -0.191. The van der Waals surface area contributed by atoms with E-state index in [0.717, 1.165) is 5.56 Å². The van der Waals surface area contributed by atoms with Crippen molar-refractivity contribution in [1.82, 2.24) is 5.32 Å². The lowest BCUT2D eigenvalue weighted by Crippen LogP contribution is -2.22. The molecule has 0 unspecified atom stereocenters. The van der Waals surface area contributed by atoms with E-state index in [-0.39, 0.29) is 5.91 Å². The van der Waals surface area contributed by atoms with E-state index in [1.165, 1.54) is 4.90 Å². The van der Waals surface area contributed by atoms with Crippen molar-refractivity contribution in [2.45, 2.75) is 11.4 Å². The van der Waals surface area contributed by atoms with Crippen LogP contribution in [0.5, 0.6) is 0 Å². The van der Waals surface area contributed by atoms with E-state index in [1.807, 2.05) is 30.5 Å². The number of rotatable bonds is 4. The summed E-state index contributed by atoms with van der Waals surface area (Å²) in [6.07, 6.45) is 2.03. The van der Waals surface area contributed by atoms with Crippen LogP contribution in [0.1, 0.15) is 15.9 Å². The molecule has 20 heavy (non-hydrogen) atoms. The molecule has 0 radical (unpaired) electrons. The predicted molar refractivity (Wildman–Crippen MR) is 85.9 cm³/mol. The van der Waals surface area contributed by atoms with Crippen molar-refractivity contribution in [1.29, 1.82) is 0 Å². The second-order valence-electron chi connectivity index (χ2n) is 4.19. The molecule has 0 fully saturated rings. The van der Waals surface area contributed by atoms with Crippen molar-refractivity contribution < 1.29 is 4.79 Å². The number of hydrogen-bond acceptors (Lipinski definition) is 2. The summed E-state index contributed by atoms with van der Waals surface area (Å²) in [7, 11) is 0. The van der Waals surface area contributed by atoms with Gasteiger partial charge in [0.05, 0.1) is 0 Å².